The molecule has 0 N–H and O–H groups in total. The second-order valence-electron chi connectivity index (χ2n) is 4.83. The van der Waals surface area contributed by atoms with Gasteiger partial charge in [0.2, 0.25) is 17.2 Å². The summed E-state index contributed by atoms with van der Waals surface area (Å²) < 4.78 is 5.32. The number of aromatic nitrogens is 3. The first-order valence-electron chi connectivity index (χ1n) is 6.69. The van der Waals surface area contributed by atoms with Gasteiger partial charge in [0.15, 0.2) is 6.10 Å². The molecule has 2 saturated heterocycles. The van der Waals surface area contributed by atoms with E-state index >= 15 is 0 Å². The van der Waals surface area contributed by atoms with Crippen LogP contribution >= 0.6 is 11.6 Å². The Morgan fingerprint density at radius 2 is 1.80 bits per heavy atom. The van der Waals surface area contributed by atoms with Crippen molar-refractivity contribution in [2.75, 3.05) is 42.6 Å². The molecular weight excluding hydrogens is 280 g/mol. The molecule has 0 saturated carbocycles. The summed E-state index contributed by atoms with van der Waals surface area (Å²) in [6.07, 6.45) is 1.84. The first-order chi connectivity index (χ1) is 9.76. The number of anilines is 2. The monoisotopic (exact) mass is 294 g/mol. The minimum absolute atomic E-state index is 0.192. The molecule has 0 bridgehead atoms. The topological polar surface area (TPSA) is 78.2 Å². The van der Waals surface area contributed by atoms with Crippen LogP contribution in [0.3, 0.4) is 0 Å². The van der Waals surface area contributed by atoms with Crippen LogP contribution in [0.1, 0.15) is 12.8 Å². The SMILES string of the molecule is N#CC1CN(c2nc(Cl)nc(N3CCCC3)n2)CCO1. The molecule has 106 valence electrons. The number of morpholine rings is 1. The first kappa shape index (κ1) is 13.3. The number of halogens is 1. The maximum Gasteiger partial charge on any atom is 0.231 e. The first-order valence-corrected chi connectivity index (χ1v) is 7.07. The van der Waals surface area contributed by atoms with Crippen molar-refractivity contribution in [2.24, 2.45) is 0 Å². The van der Waals surface area contributed by atoms with Gasteiger partial charge < -0.3 is 14.5 Å². The molecule has 3 rings (SSSR count). The van der Waals surface area contributed by atoms with E-state index in [-0.39, 0.29) is 5.28 Å². The number of hydrogen-bond donors (Lipinski definition) is 0. The van der Waals surface area contributed by atoms with Gasteiger partial charge in [0.25, 0.3) is 0 Å². The van der Waals surface area contributed by atoms with E-state index in [2.05, 4.69) is 25.9 Å². The lowest BCUT2D eigenvalue weighted by Crippen LogP contribution is -2.43. The maximum absolute atomic E-state index is 8.95. The van der Waals surface area contributed by atoms with Crippen LogP contribution in [0.4, 0.5) is 11.9 Å². The third-order valence-electron chi connectivity index (χ3n) is 3.47. The van der Waals surface area contributed by atoms with Crippen LogP contribution in [0, 0.1) is 11.3 Å². The highest BCUT2D eigenvalue weighted by Crippen LogP contribution is 2.21. The van der Waals surface area contributed by atoms with Crippen molar-refractivity contribution in [3.63, 3.8) is 0 Å². The molecular formula is C12H15ClN6O. The van der Waals surface area contributed by atoms with Gasteiger partial charge in [0, 0.05) is 19.6 Å². The Labute approximate surface area is 122 Å². The fourth-order valence-electron chi connectivity index (χ4n) is 2.44. The molecule has 0 aromatic carbocycles. The van der Waals surface area contributed by atoms with Gasteiger partial charge in [-0.3, -0.25) is 0 Å². The van der Waals surface area contributed by atoms with Gasteiger partial charge in [0.1, 0.15) is 0 Å². The van der Waals surface area contributed by atoms with Crippen molar-refractivity contribution >= 4 is 23.5 Å². The van der Waals surface area contributed by atoms with Crippen molar-refractivity contribution in [3.8, 4) is 6.07 Å². The number of nitrogens with zero attached hydrogens (tertiary/aromatic N) is 6. The molecule has 0 radical (unpaired) electrons. The van der Waals surface area contributed by atoms with E-state index in [0.717, 1.165) is 25.9 Å². The van der Waals surface area contributed by atoms with Crippen molar-refractivity contribution in [1.29, 1.82) is 5.26 Å². The Bertz CT molecular complexity index is 527. The zero-order valence-corrected chi connectivity index (χ0v) is 11.8. The lowest BCUT2D eigenvalue weighted by molar-refractivity contribution is 0.0758. The van der Waals surface area contributed by atoms with Gasteiger partial charge >= 0.3 is 0 Å². The predicted octanol–water partition coefficient (Wildman–Crippen LogP) is 0.854. The summed E-state index contributed by atoms with van der Waals surface area (Å²) in [7, 11) is 0. The fourth-order valence-corrected chi connectivity index (χ4v) is 2.59. The molecule has 3 heterocycles. The molecule has 2 fully saturated rings. The normalized spacial score (nSPS) is 22.9. The number of ether oxygens (including phenoxy) is 1. The predicted molar refractivity (Wildman–Crippen MR) is 73.9 cm³/mol. The lowest BCUT2D eigenvalue weighted by atomic mass is 10.3. The van der Waals surface area contributed by atoms with Crippen LogP contribution in [0.5, 0.6) is 0 Å². The molecule has 1 aromatic heterocycles. The Kier molecular flexibility index (Phi) is 3.85. The Morgan fingerprint density at radius 3 is 2.50 bits per heavy atom. The summed E-state index contributed by atoms with van der Waals surface area (Å²) in [5.41, 5.74) is 0. The van der Waals surface area contributed by atoms with E-state index in [9.17, 15) is 0 Å². The third kappa shape index (κ3) is 2.76. The largest absolute Gasteiger partial charge is 0.360 e. The summed E-state index contributed by atoms with van der Waals surface area (Å²) in [6.45, 7) is 3.49. The molecule has 1 unspecified atom stereocenters. The average molecular weight is 295 g/mol. The summed E-state index contributed by atoms with van der Waals surface area (Å²) in [6, 6.07) is 2.11. The molecule has 1 atom stereocenters. The van der Waals surface area contributed by atoms with Crippen molar-refractivity contribution in [1.82, 2.24) is 15.0 Å². The van der Waals surface area contributed by atoms with E-state index in [0.29, 0.717) is 31.6 Å². The van der Waals surface area contributed by atoms with Gasteiger partial charge in [-0.25, -0.2) is 0 Å². The summed E-state index contributed by atoms with van der Waals surface area (Å²) in [5.74, 6) is 1.15. The standard InChI is InChI=1S/C12H15ClN6O/c13-10-15-11(18-3-1-2-4-18)17-12(16-10)19-5-6-20-9(7-14)8-19/h9H,1-6,8H2. The molecule has 8 heteroatoms. The van der Waals surface area contributed by atoms with Gasteiger partial charge in [-0.2, -0.15) is 20.2 Å². The Morgan fingerprint density at radius 1 is 1.10 bits per heavy atom. The zero-order valence-electron chi connectivity index (χ0n) is 11.0. The molecule has 0 aliphatic carbocycles. The number of nitriles is 1. The van der Waals surface area contributed by atoms with Crippen molar-refractivity contribution in [2.45, 2.75) is 18.9 Å². The summed E-state index contributed by atoms with van der Waals surface area (Å²) in [5, 5.41) is 9.14. The maximum atomic E-state index is 8.95. The lowest BCUT2D eigenvalue weighted by Gasteiger charge is -2.30. The highest BCUT2D eigenvalue weighted by atomic mass is 35.5. The van der Waals surface area contributed by atoms with Gasteiger partial charge in [-0.05, 0) is 24.4 Å². The summed E-state index contributed by atoms with van der Waals surface area (Å²) in [4.78, 5) is 16.9. The highest BCUT2D eigenvalue weighted by Gasteiger charge is 2.24. The third-order valence-corrected chi connectivity index (χ3v) is 3.64. The highest BCUT2D eigenvalue weighted by molar-refractivity contribution is 6.28. The van der Waals surface area contributed by atoms with Crippen LogP contribution < -0.4 is 9.80 Å². The van der Waals surface area contributed by atoms with Gasteiger partial charge in [-0.15, -0.1) is 0 Å². The van der Waals surface area contributed by atoms with Crippen LogP contribution in [0.25, 0.3) is 0 Å². The van der Waals surface area contributed by atoms with E-state index in [1.165, 1.54) is 0 Å². The Balaban J connectivity index is 1.83. The molecule has 1 aromatic rings. The molecule has 7 nitrogen and oxygen atoms in total. The van der Waals surface area contributed by atoms with Crippen LogP contribution in [-0.4, -0.2) is 53.8 Å². The molecule has 2 aliphatic rings. The minimum Gasteiger partial charge on any atom is -0.360 e. The fraction of sp³-hybridized carbons (Fsp3) is 0.667. The molecule has 0 amide bonds. The van der Waals surface area contributed by atoms with E-state index in [1.807, 2.05) is 4.90 Å². The van der Waals surface area contributed by atoms with Crippen LogP contribution in [-0.2, 0) is 4.74 Å². The van der Waals surface area contributed by atoms with Crippen molar-refractivity contribution < 1.29 is 4.74 Å². The zero-order chi connectivity index (χ0) is 13.9. The van der Waals surface area contributed by atoms with E-state index < -0.39 is 6.10 Å². The molecule has 0 spiro atoms. The molecule has 2 aliphatic heterocycles. The van der Waals surface area contributed by atoms with Crippen LogP contribution in [0.2, 0.25) is 5.28 Å². The summed E-state index contributed by atoms with van der Waals surface area (Å²) >= 11 is 6.01. The van der Waals surface area contributed by atoms with E-state index in [1.54, 1.807) is 0 Å². The van der Waals surface area contributed by atoms with E-state index in [4.69, 9.17) is 21.6 Å². The minimum atomic E-state index is -0.450. The van der Waals surface area contributed by atoms with Crippen molar-refractivity contribution in [3.05, 3.63) is 5.28 Å². The average Bonchev–Trinajstić information content (AvgIpc) is 3.01. The number of rotatable bonds is 2. The quantitative estimate of drug-likeness (QED) is 0.800. The van der Waals surface area contributed by atoms with Gasteiger partial charge in [-0.1, -0.05) is 0 Å². The molecule has 20 heavy (non-hydrogen) atoms. The second kappa shape index (κ2) is 5.77. The smallest absolute Gasteiger partial charge is 0.231 e. The second-order valence-corrected chi connectivity index (χ2v) is 5.17. The Hall–Kier alpha value is -1.65. The van der Waals surface area contributed by atoms with Gasteiger partial charge in [0.05, 0.1) is 19.2 Å². The number of hydrogen-bond acceptors (Lipinski definition) is 7. The van der Waals surface area contributed by atoms with Crippen LogP contribution in [0.15, 0.2) is 0 Å².